The van der Waals surface area contributed by atoms with Gasteiger partial charge in [0.25, 0.3) is 0 Å². The monoisotopic (exact) mass is 116 g/mol. The van der Waals surface area contributed by atoms with E-state index in [-0.39, 0.29) is 0 Å². The molecule has 0 spiro atoms. The largest absolute Gasteiger partial charge is 0.381 e. The minimum absolute atomic E-state index is 0.931. The molecule has 0 unspecified atom stereocenters. The molecule has 0 aromatic rings. The van der Waals surface area contributed by atoms with Crippen molar-refractivity contribution in [1.82, 2.24) is 0 Å². The lowest BCUT2D eigenvalue weighted by molar-refractivity contribution is 0.132. The zero-order chi connectivity index (χ0) is 6.24. The smallest absolute Gasteiger partial charge is 0.0465 e. The summed E-state index contributed by atoms with van der Waals surface area (Å²) in [6.07, 6.45) is 3.59. The fraction of sp³-hybridized carbons (Fsp3) is 1.00. The minimum Gasteiger partial charge on any atom is -0.381 e. The van der Waals surface area contributed by atoms with Crippen LogP contribution in [0, 0.1) is 0 Å². The zero-order valence-electron chi connectivity index (χ0n) is 5.94. The lowest BCUT2D eigenvalue weighted by Gasteiger charge is -1.97. The second-order valence-corrected chi connectivity index (χ2v) is 1.97. The molecule has 8 heavy (non-hydrogen) atoms. The van der Waals surface area contributed by atoms with Crippen LogP contribution in [0.15, 0.2) is 0 Å². The number of rotatable bonds is 5. The summed E-state index contributed by atoms with van der Waals surface area (Å²) in [7, 11) is 0. The van der Waals surface area contributed by atoms with Gasteiger partial charge in [0.1, 0.15) is 0 Å². The maximum absolute atomic E-state index is 5.22. The highest BCUT2D eigenvalue weighted by atomic mass is 16.5. The quantitative estimate of drug-likeness (QED) is 0.500. The molecule has 0 aliphatic rings. The summed E-state index contributed by atoms with van der Waals surface area (Å²) < 4.78 is 5.22. The molecule has 0 rings (SSSR count). The summed E-state index contributed by atoms with van der Waals surface area (Å²) in [5.41, 5.74) is 0. The molecule has 1 heteroatoms. The van der Waals surface area contributed by atoms with Gasteiger partial charge in [-0.2, -0.15) is 0 Å². The maximum atomic E-state index is 5.22. The average Bonchev–Trinajstić information content (AvgIpc) is 1.81. The van der Waals surface area contributed by atoms with E-state index in [1.807, 2.05) is 0 Å². The molecule has 0 fully saturated rings. The summed E-state index contributed by atoms with van der Waals surface area (Å²) >= 11 is 0. The van der Waals surface area contributed by atoms with E-state index in [1.54, 1.807) is 0 Å². The Balaban J connectivity index is 2.53. The fourth-order valence-electron chi connectivity index (χ4n) is 0.493. The number of hydrogen-bond donors (Lipinski definition) is 0. The molecule has 0 saturated carbocycles. The van der Waals surface area contributed by atoms with Crippen molar-refractivity contribution in [3.05, 3.63) is 0 Å². The molecule has 0 amide bonds. The first-order chi connectivity index (χ1) is 3.91. The Morgan fingerprint density at radius 2 is 1.75 bits per heavy atom. The zero-order valence-corrected chi connectivity index (χ0v) is 5.94. The van der Waals surface area contributed by atoms with E-state index >= 15 is 0 Å². The molecule has 0 aromatic carbocycles. The molecule has 0 aromatic heterocycles. The first-order valence-corrected chi connectivity index (χ1v) is 3.49. The van der Waals surface area contributed by atoms with Gasteiger partial charge in [0.2, 0.25) is 0 Å². The van der Waals surface area contributed by atoms with E-state index in [0.29, 0.717) is 0 Å². The molecule has 50 valence electrons. The molecule has 1 nitrogen and oxygen atoms in total. The molecular formula is C7H16O. The van der Waals surface area contributed by atoms with Crippen LogP contribution in [0.25, 0.3) is 0 Å². The van der Waals surface area contributed by atoms with Crippen LogP contribution < -0.4 is 0 Å². The Labute approximate surface area is 52.0 Å². The van der Waals surface area contributed by atoms with Crippen LogP contribution in [0.2, 0.25) is 0 Å². The second kappa shape index (κ2) is 6.96. The Bertz CT molecular complexity index is 29.4. The predicted octanol–water partition coefficient (Wildman–Crippen LogP) is 2.21. The first kappa shape index (κ1) is 7.96. The summed E-state index contributed by atoms with van der Waals surface area (Å²) in [6.45, 7) is 6.19. The third-order valence-corrected chi connectivity index (χ3v) is 0.991. The molecule has 0 heterocycles. The van der Waals surface area contributed by atoms with Gasteiger partial charge in [-0.3, -0.25) is 0 Å². The minimum atomic E-state index is 0.931. The molecular weight excluding hydrogens is 100 g/mol. The van der Waals surface area contributed by atoms with Crippen LogP contribution >= 0.6 is 0 Å². The van der Waals surface area contributed by atoms with Gasteiger partial charge in [0, 0.05) is 13.2 Å². The predicted molar refractivity (Wildman–Crippen MR) is 36.0 cm³/mol. The van der Waals surface area contributed by atoms with Crippen molar-refractivity contribution in [2.75, 3.05) is 13.2 Å². The van der Waals surface area contributed by atoms with E-state index in [1.165, 1.54) is 12.8 Å². The number of unbranched alkanes of at least 4 members (excludes halogenated alkanes) is 1. The van der Waals surface area contributed by atoms with Gasteiger partial charge in [-0.05, 0) is 12.8 Å². The van der Waals surface area contributed by atoms with E-state index in [0.717, 1.165) is 19.6 Å². The maximum Gasteiger partial charge on any atom is 0.0465 e. The first-order valence-electron chi connectivity index (χ1n) is 3.49. The van der Waals surface area contributed by atoms with E-state index in [4.69, 9.17) is 4.74 Å². The highest BCUT2D eigenvalue weighted by Gasteiger charge is 1.81. The van der Waals surface area contributed by atoms with Crippen LogP contribution in [0.5, 0.6) is 0 Å². The Kier molecular flexibility index (Phi) is 6.93. The Hall–Kier alpha value is -0.0400. The SMILES string of the molecule is CCCCOCCC. The highest BCUT2D eigenvalue weighted by molar-refractivity contribution is 4.30. The Morgan fingerprint density at radius 1 is 1.00 bits per heavy atom. The lowest BCUT2D eigenvalue weighted by Crippen LogP contribution is -1.93. The van der Waals surface area contributed by atoms with Crippen molar-refractivity contribution >= 4 is 0 Å². The Morgan fingerprint density at radius 3 is 2.25 bits per heavy atom. The van der Waals surface area contributed by atoms with Crippen molar-refractivity contribution in [1.29, 1.82) is 0 Å². The summed E-state index contributed by atoms with van der Waals surface area (Å²) in [6, 6.07) is 0. The van der Waals surface area contributed by atoms with Gasteiger partial charge in [0.15, 0.2) is 0 Å². The van der Waals surface area contributed by atoms with Gasteiger partial charge < -0.3 is 4.74 Å². The summed E-state index contributed by atoms with van der Waals surface area (Å²) in [5.74, 6) is 0. The van der Waals surface area contributed by atoms with Crippen molar-refractivity contribution in [2.24, 2.45) is 0 Å². The molecule has 0 atom stereocenters. The highest BCUT2D eigenvalue weighted by Crippen LogP contribution is 1.87. The molecule has 0 bridgehead atoms. The number of ether oxygens (including phenoxy) is 1. The van der Waals surface area contributed by atoms with Gasteiger partial charge >= 0.3 is 0 Å². The molecule has 0 aliphatic heterocycles. The molecule has 0 saturated heterocycles. The van der Waals surface area contributed by atoms with Gasteiger partial charge in [-0.15, -0.1) is 0 Å². The molecule has 0 radical (unpaired) electrons. The van der Waals surface area contributed by atoms with Crippen molar-refractivity contribution in [3.63, 3.8) is 0 Å². The van der Waals surface area contributed by atoms with E-state index in [9.17, 15) is 0 Å². The van der Waals surface area contributed by atoms with Gasteiger partial charge in [-0.25, -0.2) is 0 Å². The van der Waals surface area contributed by atoms with Crippen LogP contribution in [0.4, 0.5) is 0 Å². The molecule has 0 N–H and O–H groups in total. The van der Waals surface area contributed by atoms with Crippen molar-refractivity contribution in [2.45, 2.75) is 33.1 Å². The topological polar surface area (TPSA) is 9.23 Å². The van der Waals surface area contributed by atoms with Gasteiger partial charge in [0.05, 0.1) is 0 Å². The van der Waals surface area contributed by atoms with Crippen molar-refractivity contribution in [3.8, 4) is 0 Å². The lowest BCUT2D eigenvalue weighted by atomic mass is 10.4. The van der Waals surface area contributed by atoms with Gasteiger partial charge in [-0.1, -0.05) is 20.3 Å². The average molecular weight is 116 g/mol. The van der Waals surface area contributed by atoms with E-state index < -0.39 is 0 Å². The van der Waals surface area contributed by atoms with Crippen molar-refractivity contribution < 1.29 is 4.74 Å². The fourth-order valence-corrected chi connectivity index (χ4v) is 0.493. The molecule has 0 aliphatic carbocycles. The van der Waals surface area contributed by atoms with E-state index in [2.05, 4.69) is 13.8 Å². The summed E-state index contributed by atoms with van der Waals surface area (Å²) in [4.78, 5) is 0. The standard InChI is InChI=1S/C7H16O/c1-3-5-7-8-6-4-2/h3-7H2,1-2H3. The number of hydrogen-bond acceptors (Lipinski definition) is 1. The van der Waals surface area contributed by atoms with Crippen LogP contribution in [0.1, 0.15) is 33.1 Å². The van der Waals surface area contributed by atoms with Crippen LogP contribution in [-0.2, 0) is 4.74 Å². The second-order valence-electron chi connectivity index (χ2n) is 1.97. The summed E-state index contributed by atoms with van der Waals surface area (Å²) in [5, 5.41) is 0. The third-order valence-electron chi connectivity index (χ3n) is 0.991. The van der Waals surface area contributed by atoms with Crippen LogP contribution in [0.3, 0.4) is 0 Å². The van der Waals surface area contributed by atoms with Crippen LogP contribution in [-0.4, -0.2) is 13.2 Å². The third kappa shape index (κ3) is 5.96. The normalized spacial score (nSPS) is 9.75.